The van der Waals surface area contributed by atoms with Crippen LogP contribution in [0.15, 0.2) is 35.5 Å². The highest BCUT2D eigenvalue weighted by molar-refractivity contribution is 8.00. The molecule has 0 fully saturated rings. The van der Waals surface area contributed by atoms with Crippen molar-refractivity contribution in [2.75, 3.05) is 6.54 Å². The summed E-state index contributed by atoms with van der Waals surface area (Å²) in [6, 6.07) is 9.43. The van der Waals surface area contributed by atoms with Gasteiger partial charge in [-0.05, 0) is 13.8 Å². The van der Waals surface area contributed by atoms with E-state index in [9.17, 15) is 18.0 Å². The molecule has 0 aliphatic carbocycles. The Morgan fingerprint density at radius 2 is 1.96 bits per heavy atom. The number of hydrogen-bond donors (Lipinski definition) is 1. The van der Waals surface area contributed by atoms with Gasteiger partial charge >= 0.3 is 6.18 Å². The zero-order chi connectivity index (χ0) is 17.7. The number of amides is 1. The van der Waals surface area contributed by atoms with Crippen LogP contribution in [-0.2, 0) is 11.3 Å². The molecule has 1 heterocycles. The van der Waals surface area contributed by atoms with Crippen LogP contribution in [0.2, 0.25) is 0 Å². The van der Waals surface area contributed by atoms with E-state index in [0.717, 1.165) is 17.3 Å². The number of aromatic nitrogens is 3. The lowest BCUT2D eigenvalue weighted by atomic mass is 10.2. The molecule has 2 aromatic rings. The molecule has 1 unspecified atom stereocenters. The summed E-state index contributed by atoms with van der Waals surface area (Å²) >= 11 is 1.08. The first kappa shape index (κ1) is 18.3. The molecule has 0 bridgehead atoms. The van der Waals surface area contributed by atoms with Gasteiger partial charge in [-0.3, -0.25) is 4.79 Å². The number of nitrogens with one attached hydrogen (secondary N) is 1. The Bertz CT molecular complexity index is 688. The van der Waals surface area contributed by atoms with E-state index >= 15 is 0 Å². The zero-order valence-electron chi connectivity index (χ0n) is 13.2. The maximum Gasteiger partial charge on any atom is 0.405 e. The second-order valence-electron chi connectivity index (χ2n) is 5.01. The van der Waals surface area contributed by atoms with Gasteiger partial charge in [-0.25, -0.2) is 0 Å². The molecule has 1 amide bonds. The van der Waals surface area contributed by atoms with Gasteiger partial charge in [-0.15, -0.1) is 10.2 Å². The number of nitrogens with zero attached hydrogens (tertiary/aromatic N) is 3. The van der Waals surface area contributed by atoms with Crippen LogP contribution in [0.1, 0.15) is 13.8 Å². The molecule has 0 aliphatic rings. The first-order valence-electron chi connectivity index (χ1n) is 7.31. The van der Waals surface area contributed by atoms with E-state index in [1.54, 1.807) is 0 Å². The lowest BCUT2D eigenvalue weighted by Gasteiger charge is -2.13. The van der Waals surface area contributed by atoms with E-state index < -0.39 is 23.9 Å². The number of hydrogen-bond acceptors (Lipinski definition) is 4. The third-order valence-corrected chi connectivity index (χ3v) is 4.26. The summed E-state index contributed by atoms with van der Waals surface area (Å²) in [6.45, 7) is 2.68. The fourth-order valence-corrected chi connectivity index (χ4v) is 2.94. The van der Waals surface area contributed by atoms with Crippen molar-refractivity contribution < 1.29 is 18.0 Å². The molecule has 0 spiro atoms. The molecule has 1 aromatic carbocycles. The monoisotopic (exact) mass is 358 g/mol. The van der Waals surface area contributed by atoms with E-state index in [1.807, 2.05) is 47.1 Å². The van der Waals surface area contributed by atoms with Crippen LogP contribution < -0.4 is 5.32 Å². The molecule has 130 valence electrons. The van der Waals surface area contributed by atoms with E-state index in [4.69, 9.17) is 0 Å². The Balaban J connectivity index is 2.10. The molecule has 1 atom stereocenters. The van der Waals surface area contributed by atoms with Gasteiger partial charge in [0, 0.05) is 12.1 Å². The van der Waals surface area contributed by atoms with Crippen LogP contribution in [0.5, 0.6) is 0 Å². The molecule has 9 heteroatoms. The van der Waals surface area contributed by atoms with E-state index in [0.29, 0.717) is 17.5 Å². The van der Waals surface area contributed by atoms with Gasteiger partial charge in [0.25, 0.3) is 0 Å². The maximum absolute atomic E-state index is 12.2. The number of alkyl halides is 3. The highest BCUT2D eigenvalue weighted by Gasteiger charge is 2.29. The lowest BCUT2D eigenvalue weighted by Crippen LogP contribution is -2.38. The van der Waals surface area contributed by atoms with Gasteiger partial charge in [-0.1, -0.05) is 42.1 Å². The number of thioether (sulfide) groups is 1. The van der Waals surface area contributed by atoms with Crippen molar-refractivity contribution >= 4 is 17.7 Å². The molecule has 5 nitrogen and oxygen atoms in total. The molecule has 0 radical (unpaired) electrons. The van der Waals surface area contributed by atoms with Crippen LogP contribution in [0.3, 0.4) is 0 Å². The van der Waals surface area contributed by atoms with Crippen LogP contribution in [-0.4, -0.2) is 38.6 Å². The first-order chi connectivity index (χ1) is 11.3. The molecule has 0 saturated carbocycles. The minimum absolute atomic E-state index is 0.492. The molecule has 1 aromatic heterocycles. The largest absolute Gasteiger partial charge is 0.405 e. The SMILES string of the molecule is CCn1c(SC(C)C(=O)NCC(F)(F)F)nnc1-c1ccccc1. The highest BCUT2D eigenvalue weighted by Crippen LogP contribution is 2.26. The van der Waals surface area contributed by atoms with Crippen molar-refractivity contribution in [3.63, 3.8) is 0 Å². The Kier molecular flexibility index (Phi) is 5.87. The van der Waals surface area contributed by atoms with Gasteiger partial charge in [0.15, 0.2) is 11.0 Å². The summed E-state index contributed by atoms with van der Waals surface area (Å²) in [5.74, 6) is -0.0345. The summed E-state index contributed by atoms with van der Waals surface area (Å²) in [7, 11) is 0. The highest BCUT2D eigenvalue weighted by atomic mass is 32.2. The van der Waals surface area contributed by atoms with E-state index in [2.05, 4.69) is 10.2 Å². The first-order valence-corrected chi connectivity index (χ1v) is 8.19. The van der Waals surface area contributed by atoms with Gasteiger partial charge in [-0.2, -0.15) is 13.2 Å². The number of rotatable bonds is 6. The molecule has 1 N–H and O–H groups in total. The van der Waals surface area contributed by atoms with Crippen LogP contribution >= 0.6 is 11.8 Å². The molecule has 0 aliphatic heterocycles. The summed E-state index contributed by atoms with van der Waals surface area (Å²) in [5, 5.41) is 9.85. The van der Waals surface area contributed by atoms with Crippen molar-refractivity contribution in [1.82, 2.24) is 20.1 Å². The van der Waals surface area contributed by atoms with E-state index in [-0.39, 0.29) is 0 Å². The van der Waals surface area contributed by atoms with Crippen LogP contribution in [0.4, 0.5) is 13.2 Å². The van der Waals surface area contributed by atoms with Crippen molar-refractivity contribution in [2.45, 2.75) is 37.0 Å². The summed E-state index contributed by atoms with van der Waals surface area (Å²) in [5.41, 5.74) is 0.882. The average Bonchev–Trinajstić information content (AvgIpc) is 2.95. The van der Waals surface area contributed by atoms with Crippen LogP contribution in [0.25, 0.3) is 11.4 Å². The number of halogens is 3. The minimum atomic E-state index is -4.43. The standard InChI is InChI=1S/C15H17F3N4OS/c1-3-22-12(11-7-5-4-6-8-11)20-21-14(22)24-10(2)13(23)19-9-15(16,17)18/h4-8,10H,3,9H2,1-2H3,(H,19,23). The molecular formula is C15H17F3N4OS. The smallest absolute Gasteiger partial charge is 0.346 e. The van der Waals surface area contributed by atoms with Gasteiger partial charge in [0.1, 0.15) is 6.54 Å². The minimum Gasteiger partial charge on any atom is -0.346 e. The molecular weight excluding hydrogens is 341 g/mol. The average molecular weight is 358 g/mol. The predicted molar refractivity (Wildman–Crippen MR) is 85.5 cm³/mol. The fraction of sp³-hybridized carbons (Fsp3) is 0.400. The second-order valence-corrected chi connectivity index (χ2v) is 6.32. The Labute approximate surface area is 141 Å². The quantitative estimate of drug-likeness (QED) is 0.806. The summed E-state index contributed by atoms with van der Waals surface area (Å²) in [6.07, 6.45) is -4.43. The topological polar surface area (TPSA) is 59.8 Å². The van der Waals surface area contributed by atoms with Crippen molar-refractivity contribution in [1.29, 1.82) is 0 Å². The van der Waals surface area contributed by atoms with E-state index in [1.165, 1.54) is 6.92 Å². The zero-order valence-corrected chi connectivity index (χ0v) is 14.0. The van der Waals surface area contributed by atoms with Crippen molar-refractivity contribution in [2.24, 2.45) is 0 Å². The third-order valence-electron chi connectivity index (χ3n) is 3.18. The molecule has 0 saturated heterocycles. The maximum atomic E-state index is 12.2. The normalized spacial score (nSPS) is 12.9. The summed E-state index contributed by atoms with van der Waals surface area (Å²) in [4.78, 5) is 11.8. The van der Waals surface area contributed by atoms with Crippen molar-refractivity contribution in [3.8, 4) is 11.4 Å². The predicted octanol–water partition coefficient (Wildman–Crippen LogP) is 3.12. The Morgan fingerprint density at radius 3 is 2.54 bits per heavy atom. The molecule has 2 rings (SSSR count). The third kappa shape index (κ3) is 4.73. The Hall–Kier alpha value is -2.03. The Morgan fingerprint density at radius 1 is 1.29 bits per heavy atom. The van der Waals surface area contributed by atoms with Crippen molar-refractivity contribution in [3.05, 3.63) is 30.3 Å². The van der Waals surface area contributed by atoms with Gasteiger partial charge in [0.2, 0.25) is 5.91 Å². The number of benzene rings is 1. The lowest BCUT2D eigenvalue weighted by molar-refractivity contribution is -0.137. The summed E-state index contributed by atoms with van der Waals surface area (Å²) < 4.78 is 38.3. The molecule has 24 heavy (non-hydrogen) atoms. The number of carbonyl (C=O) groups excluding carboxylic acids is 1. The van der Waals surface area contributed by atoms with Gasteiger partial charge < -0.3 is 9.88 Å². The van der Waals surface area contributed by atoms with Gasteiger partial charge in [0.05, 0.1) is 5.25 Å². The fourth-order valence-electron chi connectivity index (χ4n) is 2.00. The second kappa shape index (κ2) is 7.69. The number of carbonyl (C=O) groups is 1. The van der Waals surface area contributed by atoms with Crippen LogP contribution in [0, 0.1) is 0 Å².